The molecule has 0 saturated heterocycles. The second-order valence-corrected chi connectivity index (χ2v) is 5.60. The Kier molecular flexibility index (Phi) is 5.87. The van der Waals surface area contributed by atoms with Gasteiger partial charge in [-0.2, -0.15) is 0 Å². The fourth-order valence-corrected chi connectivity index (χ4v) is 2.48. The van der Waals surface area contributed by atoms with Crippen LogP contribution in [0.25, 0.3) is 0 Å². The Morgan fingerprint density at radius 1 is 0.957 bits per heavy atom. The van der Waals surface area contributed by atoms with Gasteiger partial charge in [0.2, 0.25) is 0 Å². The molecular formula is C17H18BrNO4. The van der Waals surface area contributed by atoms with Crippen molar-refractivity contribution in [2.24, 2.45) is 0 Å². The summed E-state index contributed by atoms with van der Waals surface area (Å²) in [6, 6.07) is 10.7. The van der Waals surface area contributed by atoms with Crippen LogP contribution in [0.15, 0.2) is 40.9 Å². The lowest BCUT2D eigenvalue weighted by molar-refractivity contribution is 0.0949. The van der Waals surface area contributed by atoms with E-state index in [1.165, 1.54) is 0 Å². The van der Waals surface area contributed by atoms with Crippen LogP contribution >= 0.6 is 15.9 Å². The van der Waals surface area contributed by atoms with Gasteiger partial charge in [0.05, 0.1) is 26.9 Å². The minimum absolute atomic E-state index is 0.197. The maximum absolute atomic E-state index is 12.4. The van der Waals surface area contributed by atoms with Crippen molar-refractivity contribution in [3.8, 4) is 17.2 Å². The minimum atomic E-state index is -0.197. The first kappa shape index (κ1) is 17.1. The van der Waals surface area contributed by atoms with Crippen molar-refractivity contribution >= 4 is 21.8 Å². The highest BCUT2D eigenvalue weighted by molar-refractivity contribution is 9.10. The first-order valence-electron chi connectivity index (χ1n) is 6.91. The molecule has 0 aliphatic heterocycles. The quantitative estimate of drug-likeness (QED) is 0.835. The van der Waals surface area contributed by atoms with Crippen LogP contribution in [0.2, 0.25) is 0 Å². The van der Waals surface area contributed by atoms with Crippen molar-refractivity contribution in [1.29, 1.82) is 0 Å². The molecule has 0 radical (unpaired) electrons. The van der Waals surface area contributed by atoms with E-state index in [0.29, 0.717) is 33.8 Å². The Morgan fingerprint density at radius 3 is 2.13 bits per heavy atom. The van der Waals surface area contributed by atoms with Gasteiger partial charge >= 0.3 is 0 Å². The molecule has 1 N–H and O–H groups in total. The molecule has 2 aromatic carbocycles. The Balaban J connectivity index is 2.13. The third kappa shape index (κ3) is 4.39. The lowest BCUT2D eigenvalue weighted by Gasteiger charge is -2.11. The van der Waals surface area contributed by atoms with E-state index in [9.17, 15) is 4.79 Å². The highest BCUT2D eigenvalue weighted by Gasteiger charge is 2.12. The molecule has 0 aromatic heterocycles. The van der Waals surface area contributed by atoms with Gasteiger partial charge in [-0.25, -0.2) is 0 Å². The lowest BCUT2D eigenvalue weighted by Crippen LogP contribution is -2.23. The van der Waals surface area contributed by atoms with Crippen molar-refractivity contribution < 1.29 is 19.0 Å². The number of halogens is 1. The fraction of sp³-hybridized carbons (Fsp3) is 0.235. The Bertz CT molecular complexity index is 681. The lowest BCUT2D eigenvalue weighted by atomic mass is 10.1. The summed E-state index contributed by atoms with van der Waals surface area (Å²) in [6.07, 6.45) is 0. The van der Waals surface area contributed by atoms with E-state index in [-0.39, 0.29) is 5.91 Å². The summed E-state index contributed by atoms with van der Waals surface area (Å²) in [5, 5.41) is 2.87. The summed E-state index contributed by atoms with van der Waals surface area (Å²) in [6.45, 7) is 0.357. The third-order valence-corrected chi connectivity index (χ3v) is 3.97. The van der Waals surface area contributed by atoms with E-state index in [1.807, 2.05) is 12.1 Å². The number of hydrogen-bond donors (Lipinski definition) is 1. The second-order valence-electron chi connectivity index (χ2n) is 4.75. The summed E-state index contributed by atoms with van der Waals surface area (Å²) >= 11 is 3.38. The molecule has 1 amide bonds. The highest BCUT2D eigenvalue weighted by atomic mass is 79.9. The number of benzene rings is 2. The standard InChI is InChI=1S/C17H18BrNO4/c1-21-12-4-5-16(18)15(9-12)17(20)19-10-11-6-13(22-2)8-14(7-11)23-3/h4-9H,10H2,1-3H3,(H,19,20). The van der Waals surface area contributed by atoms with Crippen molar-refractivity contribution in [2.45, 2.75) is 6.54 Å². The van der Waals surface area contributed by atoms with E-state index in [2.05, 4.69) is 21.2 Å². The molecule has 0 heterocycles. The average Bonchev–Trinajstić information content (AvgIpc) is 2.59. The molecule has 0 fully saturated rings. The predicted molar refractivity (Wildman–Crippen MR) is 91.4 cm³/mol. The number of carbonyl (C=O) groups excluding carboxylic acids is 1. The first-order chi connectivity index (χ1) is 11.1. The van der Waals surface area contributed by atoms with Crippen LogP contribution in [0.4, 0.5) is 0 Å². The number of ether oxygens (including phenoxy) is 3. The Hall–Kier alpha value is -2.21. The van der Waals surface area contributed by atoms with Gasteiger partial charge in [0.1, 0.15) is 17.2 Å². The van der Waals surface area contributed by atoms with Crippen LogP contribution in [0.5, 0.6) is 17.2 Å². The monoisotopic (exact) mass is 379 g/mol. The van der Waals surface area contributed by atoms with E-state index in [1.54, 1.807) is 45.6 Å². The topological polar surface area (TPSA) is 56.8 Å². The van der Waals surface area contributed by atoms with E-state index < -0.39 is 0 Å². The molecule has 23 heavy (non-hydrogen) atoms. The van der Waals surface area contributed by atoms with Gasteiger partial charge < -0.3 is 19.5 Å². The van der Waals surface area contributed by atoms with Gasteiger partial charge in [-0.15, -0.1) is 0 Å². The molecule has 0 atom stereocenters. The van der Waals surface area contributed by atoms with Gasteiger partial charge in [0.25, 0.3) is 5.91 Å². The average molecular weight is 380 g/mol. The first-order valence-corrected chi connectivity index (χ1v) is 7.70. The zero-order valence-corrected chi connectivity index (χ0v) is 14.8. The minimum Gasteiger partial charge on any atom is -0.497 e. The van der Waals surface area contributed by atoms with Gasteiger partial charge in [0, 0.05) is 17.1 Å². The summed E-state index contributed by atoms with van der Waals surface area (Å²) in [5.74, 6) is 1.78. The van der Waals surface area contributed by atoms with Crippen molar-refractivity contribution in [1.82, 2.24) is 5.32 Å². The number of amides is 1. The number of carbonyl (C=O) groups is 1. The van der Waals surface area contributed by atoms with Gasteiger partial charge in [-0.05, 0) is 51.8 Å². The molecule has 2 aromatic rings. The van der Waals surface area contributed by atoms with Gasteiger partial charge in [-0.1, -0.05) is 0 Å². The Morgan fingerprint density at radius 2 is 1.57 bits per heavy atom. The van der Waals surface area contributed by atoms with Crippen LogP contribution in [0.1, 0.15) is 15.9 Å². The van der Waals surface area contributed by atoms with E-state index >= 15 is 0 Å². The molecule has 0 bridgehead atoms. The molecule has 0 aliphatic carbocycles. The molecule has 0 aliphatic rings. The highest BCUT2D eigenvalue weighted by Crippen LogP contribution is 2.24. The van der Waals surface area contributed by atoms with Crippen LogP contribution < -0.4 is 19.5 Å². The number of rotatable bonds is 6. The van der Waals surface area contributed by atoms with Crippen molar-refractivity contribution in [3.05, 3.63) is 52.0 Å². The smallest absolute Gasteiger partial charge is 0.252 e. The molecule has 0 unspecified atom stereocenters. The van der Waals surface area contributed by atoms with E-state index in [4.69, 9.17) is 14.2 Å². The second kappa shape index (κ2) is 7.87. The SMILES string of the molecule is COc1cc(CNC(=O)c2cc(OC)ccc2Br)cc(OC)c1. The summed E-state index contributed by atoms with van der Waals surface area (Å²) in [4.78, 5) is 12.4. The van der Waals surface area contributed by atoms with Crippen molar-refractivity contribution in [2.75, 3.05) is 21.3 Å². The molecule has 0 spiro atoms. The van der Waals surface area contributed by atoms with Gasteiger partial charge in [-0.3, -0.25) is 4.79 Å². The zero-order valence-electron chi connectivity index (χ0n) is 13.2. The van der Waals surface area contributed by atoms with Gasteiger partial charge in [0.15, 0.2) is 0 Å². The summed E-state index contributed by atoms with van der Waals surface area (Å²) < 4.78 is 16.3. The van der Waals surface area contributed by atoms with Crippen LogP contribution in [-0.2, 0) is 6.54 Å². The molecule has 122 valence electrons. The maximum atomic E-state index is 12.4. The predicted octanol–water partition coefficient (Wildman–Crippen LogP) is 3.40. The number of nitrogens with one attached hydrogen (secondary N) is 1. The fourth-order valence-electron chi connectivity index (χ4n) is 2.05. The molecule has 2 rings (SSSR count). The van der Waals surface area contributed by atoms with Crippen molar-refractivity contribution in [3.63, 3.8) is 0 Å². The molecule has 0 saturated carbocycles. The summed E-state index contributed by atoms with van der Waals surface area (Å²) in [7, 11) is 4.74. The summed E-state index contributed by atoms with van der Waals surface area (Å²) in [5.41, 5.74) is 1.40. The largest absolute Gasteiger partial charge is 0.497 e. The number of hydrogen-bond acceptors (Lipinski definition) is 4. The number of methoxy groups -OCH3 is 3. The maximum Gasteiger partial charge on any atom is 0.252 e. The molecular weight excluding hydrogens is 362 g/mol. The Labute approximate surface area is 143 Å². The third-order valence-electron chi connectivity index (χ3n) is 3.28. The molecule has 5 nitrogen and oxygen atoms in total. The van der Waals surface area contributed by atoms with Crippen LogP contribution in [-0.4, -0.2) is 27.2 Å². The van der Waals surface area contributed by atoms with Crippen LogP contribution in [0, 0.1) is 0 Å². The van der Waals surface area contributed by atoms with Crippen LogP contribution in [0.3, 0.4) is 0 Å². The van der Waals surface area contributed by atoms with E-state index in [0.717, 1.165) is 5.56 Å². The molecule has 6 heteroatoms. The zero-order chi connectivity index (χ0) is 16.8. The normalized spacial score (nSPS) is 10.1.